The molecule has 0 saturated carbocycles. The van der Waals surface area contributed by atoms with Gasteiger partial charge in [-0.05, 0) is 13.5 Å². The summed E-state index contributed by atoms with van der Waals surface area (Å²) in [6.45, 7) is 3.38. The van der Waals surface area contributed by atoms with Crippen molar-refractivity contribution in [3.63, 3.8) is 0 Å². The Morgan fingerprint density at radius 2 is 2.43 bits per heavy atom. The first kappa shape index (κ1) is 11.0. The van der Waals surface area contributed by atoms with Gasteiger partial charge in [-0.1, -0.05) is 6.92 Å². The number of hydrogen-bond acceptors (Lipinski definition) is 3. The lowest BCUT2D eigenvalue weighted by atomic mass is 10.1. The molecule has 1 saturated heterocycles. The zero-order chi connectivity index (χ0) is 10.6. The molecule has 0 aromatic carbocycles. The van der Waals surface area contributed by atoms with E-state index in [-0.39, 0.29) is 17.9 Å². The van der Waals surface area contributed by atoms with Crippen molar-refractivity contribution in [1.29, 1.82) is 0 Å². The number of nitrogens with one attached hydrogen (secondary N) is 2. The number of carbonyl (C=O) groups excluding carboxylic acids is 2. The number of rotatable bonds is 3. The normalized spacial score (nSPS) is 22.0. The standard InChI is InChI=1S/C9H17N3O2/c1-3-7-9(14)11-4-5-12(7)8(13)6-10-2/h7,10H,3-6H2,1-2H3,(H,11,14). The van der Waals surface area contributed by atoms with E-state index in [1.54, 1.807) is 11.9 Å². The summed E-state index contributed by atoms with van der Waals surface area (Å²) in [7, 11) is 1.73. The fourth-order valence-corrected chi connectivity index (χ4v) is 1.67. The van der Waals surface area contributed by atoms with Crippen molar-refractivity contribution in [3.8, 4) is 0 Å². The number of amides is 2. The topological polar surface area (TPSA) is 61.4 Å². The summed E-state index contributed by atoms with van der Waals surface area (Å²) in [5, 5.41) is 5.56. The summed E-state index contributed by atoms with van der Waals surface area (Å²) >= 11 is 0. The Morgan fingerprint density at radius 3 is 3.00 bits per heavy atom. The number of nitrogens with zero attached hydrogens (tertiary/aromatic N) is 1. The van der Waals surface area contributed by atoms with Crippen molar-refractivity contribution >= 4 is 11.8 Å². The van der Waals surface area contributed by atoms with E-state index < -0.39 is 0 Å². The van der Waals surface area contributed by atoms with E-state index in [1.807, 2.05) is 6.92 Å². The first-order chi connectivity index (χ1) is 6.70. The Kier molecular flexibility index (Phi) is 3.88. The Morgan fingerprint density at radius 1 is 1.71 bits per heavy atom. The summed E-state index contributed by atoms with van der Waals surface area (Å²) in [4.78, 5) is 24.7. The highest BCUT2D eigenvalue weighted by atomic mass is 16.2. The molecule has 2 N–H and O–H groups in total. The molecular weight excluding hydrogens is 182 g/mol. The number of hydrogen-bond donors (Lipinski definition) is 2. The minimum atomic E-state index is -0.287. The number of likely N-dealkylation sites (N-methyl/N-ethyl adjacent to an activating group) is 1. The highest BCUT2D eigenvalue weighted by molar-refractivity contribution is 5.89. The van der Waals surface area contributed by atoms with Gasteiger partial charge in [-0.25, -0.2) is 0 Å². The fourth-order valence-electron chi connectivity index (χ4n) is 1.67. The minimum Gasteiger partial charge on any atom is -0.353 e. The van der Waals surface area contributed by atoms with Crippen LogP contribution in [0, 0.1) is 0 Å². The summed E-state index contributed by atoms with van der Waals surface area (Å²) in [6.07, 6.45) is 0.668. The Balaban J connectivity index is 2.64. The molecule has 80 valence electrons. The second-order valence-electron chi connectivity index (χ2n) is 3.33. The Labute approximate surface area is 83.8 Å². The van der Waals surface area contributed by atoms with Crippen LogP contribution in [0.1, 0.15) is 13.3 Å². The van der Waals surface area contributed by atoms with Gasteiger partial charge in [-0.15, -0.1) is 0 Å². The molecule has 2 amide bonds. The number of piperazine rings is 1. The molecular formula is C9H17N3O2. The fraction of sp³-hybridized carbons (Fsp3) is 0.778. The maximum atomic E-state index is 11.6. The van der Waals surface area contributed by atoms with Crippen molar-refractivity contribution in [2.75, 3.05) is 26.7 Å². The third-order valence-corrected chi connectivity index (χ3v) is 2.37. The van der Waals surface area contributed by atoms with Gasteiger partial charge < -0.3 is 15.5 Å². The minimum absolute atomic E-state index is 0.00537. The molecule has 0 aliphatic carbocycles. The van der Waals surface area contributed by atoms with Gasteiger partial charge >= 0.3 is 0 Å². The van der Waals surface area contributed by atoms with Crippen LogP contribution in [0.25, 0.3) is 0 Å². The molecule has 0 bridgehead atoms. The zero-order valence-electron chi connectivity index (χ0n) is 8.67. The monoisotopic (exact) mass is 199 g/mol. The molecule has 5 heteroatoms. The zero-order valence-corrected chi connectivity index (χ0v) is 8.67. The van der Waals surface area contributed by atoms with Crippen LogP contribution in [-0.2, 0) is 9.59 Å². The van der Waals surface area contributed by atoms with Crippen molar-refractivity contribution in [3.05, 3.63) is 0 Å². The van der Waals surface area contributed by atoms with E-state index in [2.05, 4.69) is 10.6 Å². The third kappa shape index (κ3) is 2.23. The van der Waals surface area contributed by atoms with Gasteiger partial charge in [0.15, 0.2) is 0 Å². The predicted molar refractivity (Wildman–Crippen MR) is 52.7 cm³/mol. The van der Waals surface area contributed by atoms with E-state index in [4.69, 9.17) is 0 Å². The second kappa shape index (κ2) is 4.95. The van der Waals surface area contributed by atoms with Gasteiger partial charge in [0.1, 0.15) is 6.04 Å². The average molecular weight is 199 g/mol. The quantitative estimate of drug-likeness (QED) is 0.609. The van der Waals surface area contributed by atoms with Crippen LogP contribution >= 0.6 is 0 Å². The lowest BCUT2D eigenvalue weighted by molar-refractivity contribution is -0.142. The van der Waals surface area contributed by atoms with E-state index >= 15 is 0 Å². The van der Waals surface area contributed by atoms with Gasteiger partial charge in [0.2, 0.25) is 11.8 Å². The molecule has 1 fully saturated rings. The van der Waals surface area contributed by atoms with Crippen LogP contribution in [0.2, 0.25) is 0 Å². The van der Waals surface area contributed by atoms with Crippen LogP contribution in [0.4, 0.5) is 0 Å². The maximum Gasteiger partial charge on any atom is 0.242 e. The van der Waals surface area contributed by atoms with E-state index in [0.717, 1.165) is 0 Å². The van der Waals surface area contributed by atoms with E-state index in [1.165, 1.54) is 0 Å². The van der Waals surface area contributed by atoms with Gasteiger partial charge in [0.25, 0.3) is 0 Å². The third-order valence-electron chi connectivity index (χ3n) is 2.37. The van der Waals surface area contributed by atoms with Crippen LogP contribution in [-0.4, -0.2) is 49.4 Å². The average Bonchev–Trinajstić information content (AvgIpc) is 2.17. The SMILES string of the molecule is CCC1C(=O)NCCN1C(=O)CNC. The van der Waals surface area contributed by atoms with Crippen molar-refractivity contribution in [1.82, 2.24) is 15.5 Å². The summed E-state index contributed by atoms with van der Waals surface area (Å²) in [5.74, 6) is -0.0441. The van der Waals surface area contributed by atoms with Crippen LogP contribution in [0.5, 0.6) is 0 Å². The molecule has 5 nitrogen and oxygen atoms in total. The summed E-state index contributed by atoms with van der Waals surface area (Å²) in [6, 6.07) is -0.287. The van der Waals surface area contributed by atoms with Gasteiger partial charge in [-0.3, -0.25) is 9.59 Å². The molecule has 0 spiro atoms. The lowest BCUT2D eigenvalue weighted by Crippen LogP contribution is -2.58. The summed E-state index contributed by atoms with van der Waals surface area (Å²) < 4.78 is 0. The van der Waals surface area contributed by atoms with Gasteiger partial charge in [-0.2, -0.15) is 0 Å². The molecule has 0 aromatic heterocycles. The van der Waals surface area contributed by atoms with Crippen LogP contribution in [0.15, 0.2) is 0 Å². The first-order valence-electron chi connectivity index (χ1n) is 4.92. The lowest BCUT2D eigenvalue weighted by Gasteiger charge is -2.34. The second-order valence-corrected chi connectivity index (χ2v) is 3.33. The highest BCUT2D eigenvalue weighted by Crippen LogP contribution is 2.08. The molecule has 0 radical (unpaired) electrons. The van der Waals surface area contributed by atoms with Crippen molar-refractivity contribution in [2.45, 2.75) is 19.4 Å². The molecule has 1 heterocycles. The van der Waals surface area contributed by atoms with Crippen LogP contribution in [0.3, 0.4) is 0 Å². The van der Waals surface area contributed by atoms with E-state index in [9.17, 15) is 9.59 Å². The Bertz CT molecular complexity index is 230. The smallest absolute Gasteiger partial charge is 0.242 e. The Hall–Kier alpha value is -1.10. The molecule has 1 unspecified atom stereocenters. The first-order valence-corrected chi connectivity index (χ1v) is 4.92. The predicted octanol–water partition coefficient (Wildman–Crippen LogP) is -1.06. The maximum absolute atomic E-state index is 11.6. The highest BCUT2D eigenvalue weighted by Gasteiger charge is 2.30. The van der Waals surface area contributed by atoms with Crippen molar-refractivity contribution < 1.29 is 9.59 Å². The largest absolute Gasteiger partial charge is 0.353 e. The molecule has 1 aliphatic rings. The van der Waals surface area contributed by atoms with Gasteiger partial charge in [0, 0.05) is 13.1 Å². The van der Waals surface area contributed by atoms with Crippen molar-refractivity contribution in [2.24, 2.45) is 0 Å². The van der Waals surface area contributed by atoms with E-state index in [0.29, 0.717) is 26.1 Å². The molecule has 1 atom stereocenters. The molecule has 0 aromatic rings. The molecule has 1 aliphatic heterocycles. The summed E-state index contributed by atoms with van der Waals surface area (Å²) in [5.41, 5.74) is 0. The molecule has 1 rings (SSSR count). The molecule has 14 heavy (non-hydrogen) atoms. The van der Waals surface area contributed by atoms with Gasteiger partial charge in [0.05, 0.1) is 6.54 Å². The number of carbonyl (C=O) groups is 2. The van der Waals surface area contributed by atoms with Crippen LogP contribution < -0.4 is 10.6 Å².